The van der Waals surface area contributed by atoms with Crippen LogP contribution in [0.15, 0.2) is 42.5 Å². The molecule has 0 bridgehead atoms. The van der Waals surface area contributed by atoms with Crippen molar-refractivity contribution in [3.63, 3.8) is 0 Å². The molecule has 4 rings (SSSR count). The summed E-state index contributed by atoms with van der Waals surface area (Å²) in [5.41, 5.74) is 0.394. The third-order valence-electron chi connectivity index (χ3n) is 5.35. The molecule has 0 saturated carbocycles. The monoisotopic (exact) mass is 457 g/mol. The largest absolute Gasteiger partial charge is 0.435 e. The van der Waals surface area contributed by atoms with E-state index in [4.69, 9.17) is 0 Å². The smallest absolute Gasteiger partial charge is 0.387 e. The molecule has 9 nitrogen and oxygen atoms in total. The number of nitrogens with zero attached hydrogens (tertiary/aromatic N) is 1. The van der Waals surface area contributed by atoms with Gasteiger partial charge in [0.1, 0.15) is 11.8 Å². The number of ether oxygens (including phenoxy) is 1. The molecule has 2 aromatic rings. The Labute approximate surface area is 185 Å². The number of carbonyl (C=O) groups is 5. The van der Waals surface area contributed by atoms with Gasteiger partial charge in [0.05, 0.1) is 11.1 Å². The lowest BCUT2D eigenvalue weighted by atomic mass is 10.0. The minimum Gasteiger partial charge on any atom is -0.435 e. The molecule has 0 radical (unpaired) electrons. The zero-order valence-corrected chi connectivity index (χ0v) is 17.0. The molecule has 33 heavy (non-hydrogen) atoms. The summed E-state index contributed by atoms with van der Waals surface area (Å²) in [5.74, 6) is -3.55. The molecule has 1 saturated heterocycles. The highest BCUT2D eigenvalue weighted by molar-refractivity contribution is 6.16. The number of nitrogens with one attached hydrogen (secondary N) is 2. The highest BCUT2D eigenvalue weighted by Crippen LogP contribution is 2.30. The van der Waals surface area contributed by atoms with Gasteiger partial charge in [-0.05, 0) is 36.2 Å². The highest BCUT2D eigenvalue weighted by Gasteiger charge is 2.40. The Balaban J connectivity index is 1.53. The first-order valence-electron chi connectivity index (χ1n) is 9.91. The number of rotatable bonds is 5. The molecule has 11 heteroatoms. The van der Waals surface area contributed by atoms with Gasteiger partial charge in [0, 0.05) is 18.5 Å². The zero-order valence-electron chi connectivity index (χ0n) is 17.0. The quantitative estimate of drug-likeness (QED) is 0.658. The number of alkyl halides is 2. The first kappa shape index (κ1) is 22.1. The van der Waals surface area contributed by atoms with Crippen molar-refractivity contribution in [3.05, 3.63) is 64.7 Å². The molecule has 2 aromatic carbocycles. The summed E-state index contributed by atoms with van der Waals surface area (Å²) in [6, 6.07) is 8.60. The molecule has 1 unspecified atom stereocenters. The summed E-state index contributed by atoms with van der Waals surface area (Å²) >= 11 is 0. The number of fused-ring (bicyclic) bond motifs is 1. The van der Waals surface area contributed by atoms with Gasteiger partial charge in [-0.25, -0.2) is 0 Å². The van der Waals surface area contributed by atoms with Gasteiger partial charge in [0.2, 0.25) is 11.8 Å². The zero-order chi connectivity index (χ0) is 23.7. The van der Waals surface area contributed by atoms with Crippen LogP contribution in [0.2, 0.25) is 0 Å². The average Bonchev–Trinajstić information content (AvgIpc) is 3.10. The maximum absolute atomic E-state index is 13.1. The first-order chi connectivity index (χ1) is 15.7. The molecule has 1 fully saturated rings. The normalized spacial score (nSPS) is 17.6. The van der Waals surface area contributed by atoms with Gasteiger partial charge < -0.3 is 9.64 Å². The van der Waals surface area contributed by atoms with Gasteiger partial charge in [-0.3, -0.25) is 34.6 Å². The van der Waals surface area contributed by atoms with Crippen molar-refractivity contribution >= 4 is 29.5 Å². The van der Waals surface area contributed by atoms with Crippen LogP contribution in [0.25, 0.3) is 0 Å². The van der Waals surface area contributed by atoms with Crippen LogP contribution >= 0.6 is 0 Å². The van der Waals surface area contributed by atoms with Crippen LogP contribution < -0.4 is 15.4 Å². The molecule has 0 spiro atoms. The van der Waals surface area contributed by atoms with E-state index >= 15 is 0 Å². The third kappa shape index (κ3) is 4.43. The summed E-state index contributed by atoms with van der Waals surface area (Å²) in [4.78, 5) is 63.2. The maximum Gasteiger partial charge on any atom is 0.387 e. The highest BCUT2D eigenvalue weighted by atomic mass is 19.3. The van der Waals surface area contributed by atoms with Crippen molar-refractivity contribution in [3.8, 4) is 5.75 Å². The van der Waals surface area contributed by atoms with Crippen molar-refractivity contribution in [1.29, 1.82) is 0 Å². The van der Waals surface area contributed by atoms with E-state index in [0.717, 1.165) is 6.07 Å². The van der Waals surface area contributed by atoms with E-state index in [0.29, 0.717) is 5.56 Å². The number of halogens is 2. The summed E-state index contributed by atoms with van der Waals surface area (Å²) in [6.07, 6.45) is 0.258. The predicted molar refractivity (Wildman–Crippen MR) is 107 cm³/mol. The van der Waals surface area contributed by atoms with Crippen LogP contribution in [0.1, 0.15) is 49.5 Å². The van der Waals surface area contributed by atoms with Gasteiger partial charge in [-0.1, -0.05) is 18.2 Å². The van der Waals surface area contributed by atoms with Crippen LogP contribution in [0.5, 0.6) is 5.75 Å². The second kappa shape index (κ2) is 8.77. The Morgan fingerprint density at radius 3 is 2.58 bits per heavy atom. The number of hydrogen-bond acceptors (Lipinski definition) is 6. The number of benzene rings is 2. The van der Waals surface area contributed by atoms with E-state index in [1.54, 1.807) is 6.07 Å². The fraction of sp³-hybridized carbons (Fsp3) is 0.227. The van der Waals surface area contributed by atoms with Gasteiger partial charge >= 0.3 is 6.61 Å². The molecule has 170 valence electrons. The molecule has 1 atom stereocenters. The lowest BCUT2D eigenvalue weighted by molar-refractivity contribution is -0.136. The number of imide groups is 2. The van der Waals surface area contributed by atoms with Gasteiger partial charge in [0.15, 0.2) is 0 Å². The average molecular weight is 457 g/mol. The Bertz CT molecular complexity index is 1180. The summed E-state index contributed by atoms with van der Waals surface area (Å²) in [7, 11) is 0. The second-order valence-electron chi connectivity index (χ2n) is 7.43. The molecular weight excluding hydrogens is 440 g/mol. The van der Waals surface area contributed by atoms with Gasteiger partial charge in [-0.2, -0.15) is 8.78 Å². The topological polar surface area (TPSA) is 122 Å². The van der Waals surface area contributed by atoms with Crippen molar-refractivity contribution in [2.75, 3.05) is 0 Å². The van der Waals surface area contributed by atoms with E-state index < -0.39 is 42.2 Å². The predicted octanol–water partition coefficient (Wildman–Crippen LogP) is 1.62. The fourth-order valence-electron chi connectivity index (χ4n) is 3.86. The lowest BCUT2D eigenvalue weighted by Gasteiger charge is -2.29. The van der Waals surface area contributed by atoms with Crippen LogP contribution in [-0.2, 0) is 16.1 Å². The molecule has 0 aromatic heterocycles. The van der Waals surface area contributed by atoms with Crippen molar-refractivity contribution < 1.29 is 37.5 Å². The molecule has 0 aliphatic carbocycles. The lowest BCUT2D eigenvalue weighted by Crippen LogP contribution is -2.52. The Morgan fingerprint density at radius 2 is 1.85 bits per heavy atom. The number of hydrogen-bond donors (Lipinski definition) is 2. The SMILES string of the molecule is O=C1CCC(N2Cc3cccc(C(=O)NC(=O)c4cccc(OC(F)F)c4)c3C2=O)C(=O)N1. The van der Waals surface area contributed by atoms with Crippen LogP contribution in [-0.4, -0.2) is 47.1 Å². The second-order valence-corrected chi connectivity index (χ2v) is 7.43. The van der Waals surface area contributed by atoms with E-state index in [1.807, 2.05) is 0 Å². The minimum atomic E-state index is -3.07. The summed E-state index contributed by atoms with van der Waals surface area (Å²) in [6.45, 7) is -3.00. The van der Waals surface area contributed by atoms with Crippen LogP contribution in [0.4, 0.5) is 8.78 Å². The number of amides is 5. The van der Waals surface area contributed by atoms with E-state index in [1.165, 1.54) is 35.2 Å². The number of piperidine rings is 1. The van der Waals surface area contributed by atoms with Crippen LogP contribution in [0, 0.1) is 0 Å². The Hall–Kier alpha value is -4.15. The van der Waals surface area contributed by atoms with Crippen molar-refractivity contribution in [2.45, 2.75) is 32.0 Å². The molecule has 2 aliphatic heterocycles. The molecule has 2 aliphatic rings. The third-order valence-corrected chi connectivity index (χ3v) is 5.35. The number of carbonyl (C=O) groups excluding carboxylic acids is 5. The fourth-order valence-corrected chi connectivity index (χ4v) is 3.86. The molecule has 5 amide bonds. The van der Waals surface area contributed by atoms with E-state index in [2.05, 4.69) is 15.4 Å². The summed E-state index contributed by atoms with van der Waals surface area (Å²) in [5, 5.41) is 4.34. The van der Waals surface area contributed by atoms with Gasteiger partial charge in [-0.15, -0.1) is 0 Å². The minimum absolute atomic E-state index is 0.0577. The standard InChI is InChI=1S/C22H17F2N3O6/c23-22(24)33-13-5-1-3-11(9-13)18(29)26-19(30)14-6-2-4-12-10-27(21(32)17(12)14)15-7-8-16(28)25-20(15)31/h1-6,9,15,22H,7-8,10H2,(H,25,28,31)(H,26,29,30). The van der Waals surface area contributed by atoms with Crippen LogP contribution in [0.3, 0.4) is 0 Å². The van der Waals surface area contributed by atoms with Crippen molar-refractivity contribution in [1.82, 2.24) is 15.5 Å². The van der Waals surface area contributed by atoms with Gasteiger partial charge in [0.25, 0.3) is 17.7 Å². The molecular formula is C22H17F2N3O6. The first-order valence-corrected chi connectivity index (χ1v) is 9.91. The van der Waals surface area contributed by atoms with E-state index in [-0.39, 0.29) is 41.8 Å². The maximum atomic E-state index is 13.1. The van der Waals surface area contributed by atoms with E-state index in [9.17, 15) is 32.8 Å². The molecule has 2 heterocycles. The Kier molecular flexibility index (Phi) is 5.86. The summed E-state index contributed by atoms with van der Waals surface area (Å²) < 4.78 is 29.1. The Morgan fingerprint density at radius 1 is 1.09 bits per heavy atom. The molecule has 2 N–H and O–H groups in total. The van der Waals surface area contributed by atoms with Crippen molar-refractivity contribution in [2.24, 2.45) is 0 Å².